The molecule has 22 heavy (non-hydrogen) atoms. The Labute approximate surface area is 154 Å². The van der Waals surface area contributed by atoms with E-state index in [0.717, 1.165) is 18.9 Å². The summed E-state index contributed by atoms with van der Waals surface area (Å²) in [5.74, 6) is 1.40. The van der Waals surface area contributed by atoms with Crippen molar-refractivity contribution < 1.29 is 4.79 Å². The fraction of sp³-hybridized carbons (Fsp3) is 0.600. The number of rotatable bonds is 7. The largest absolute Gasteiger partial charge is 0.356 e. The molecule has 0 spiro atoms. The first-order chi connectivity index (χ1) is 10.0. The molecule has 0 radical (unpaired) electrons. The van der Waals surface area contributed by atoms with Crippen LogP contribution in [0.5, 0.6) is 0 Å². The van der Waals surface area contributed by atoms with E-state index in [-0.39, 0.29) is 29.9 Å². The van der Waals surface area contributed by atoms with E-state index in [4.69, 9.17) is 0 Å². The molecule has 0 saturated heterocycles. The van der Waals surface area contributed by atoms with Crippen molar-refractivity contribution in [2.45, 2.75) is 19.8 Å². The van der Waals surface area contributed by atoms with E-state index in [2.05, 4.69) is 40.1 Å². The molecule has 7 heteroatoms. The molecule has 1 amide bonds. The van der Waals surface area contributed by atoms with Crippen molar-refractivity contribution >= 4 is 47.2 Å². The number of aliphatic imine (C=N–C) groups is 1. The van der Waals surface area contributed by atoms with Gasteiger partial charge in [-0.1, -0.05) is 13.0 Å². The number of hydrogen-bond donors (Lipinski definition) is 2. The van der Waals surface area contributed by atoms with Gasteiger partial charge in [0.25, 0.3) is 0 Å². The molecule has 1 unspecified atom stereocenters. The second-order valence-corrected chi connectivity index (χ2v) is 6.34. The molecule has 2 N–H and O–H groups in total. The molecular formula is C15H27IN4OS. The zero-order valence-electron chi connectivity index (χ0n) is 13.8. The van der Waals surface area contributed by atoms with Gasteiger partial charge in [-0.2, -0.15) is 0 Å². The van der Waals surface area contributed by atoms with E-state index in [1.54, 1.807) is 37.4 Å². The minimum Gasteiger partial charge on any atom is -0.356 e. The lowest BCUT2D eigenvalue weighted by atomic mass is 10.1. The standard InChI is InChI=1S/C15H26N4OS.HI/c1-12(10-13-6-5-9-21-13)11-18-15(16-2)17-8-7-14(20)19(3)4;/h5-6,9,12H,7-8,10-11H2,1-4H3,(H2,16,17,18);1H. The van der Waals surface area contributed by atoms with E-state index in [1.807, 2.05) is 0 Å². The number of carbonyl (C=O) groups excluding carboxylic acids is 1. The SMILES string of the molecule is CN=C(NCCC(=O)N(C)C)NCC(C)Cc1cccs1.I. The molecule has 0 saturated carbocycles. The Balaban J connectivity index is 0.00000441. The molecule has 0 bridgehead atoms. The maximum absolute atomic E-state index is 11.5. The number of thiophene rings is 1. The van der Waals surface area contributed by atoms with Crippen LogP contribution in [-0.2, 0) is 11.2 Å². The fourth-order valence-electron chi connectivity index (χ4n) is 1.85. The van der Waals surface area contributed by atoms with Gasteiger partial charge in [-0.25, -0.2) is 0 Å². The van der Waals surface area contributed by atoms with Gasteiger partial charge in [0.2, 0.25) is 5.91 Å². The summed E-state index contributed by atoms with van der Waals surface area (Å²) in [5, 5.41) is 8.58. The predicted molar refractivity (Wildman–Crippen MR) is 105 cm³/mol. The van der Waals surface area contributed by atoms with Crippen molar-refractivity contribution in [2.24, 2.45) is 10.9 Å². The molecule has 0 aromatic carbocycles. The normalized spacial score (nSPS) is 12.3. The second kappa shape index (κ2) is 11.7. The minimum atomic E-state index is 0. The molecule has 0 aliphatic heterocycles. The van der Waals surface area contributed by atoms with Crippen LogP contribution >= 0.6 is 35.3 Å². The highest BCUT2D eigenvalue weighted by atomic mass is 127. The van der Waals surface area contributed by atoms with E-state index in [9.17, 15) is 4.79 Å². The van der Waals surface area contributed by atoms with Gasteiger partial charge in [0.05, 0.1) is 0 Å². The average Bonchev–Trinajstić information content (AvgIpc) is 2.94. The fourth-order valence-corrected chi connectivity index (χ4v) is 2.72. The van der Waals surface area contributed by atoms with Gasteiger partial charge >= 0.3 is 0 Å². The summed E-state index contributed by atoms with van der Waals surface area (Å²) < 4.78 is 0. The van der Waals surface area contributed by atoms with Gasteiger partial charge < -0.3 is 15.5 Å². The zero-order valence-corrected chi connectivity index (χ0v) is 16.9. The van der Waals surface area contributed by atoms with Crippen LogP contribution in [-0.4, -0.2) is 51.0 Å². The van der Waals surface area contributed by atoms with Crippen molar-refractivity contribution in [2.75, 3.05) is 34.2 Å². The maximum atomic E-state index is 11.5. The summed E-state index contributed by atoms with van der Waals surface area (Å²) in [6.45, 7) is 3.67. The van der Waals surface area contributed by atoms with Crippen molar-refractivity contribution in [1.29, 1.82) is 0 Å². The van der Waals surface area contributed by atoms with Crippen LogP contribution in [0.4, 0.5) is 0 Å². The monoisotopic (exact) mass is 438 g/mol. The molecule has 0 aliphatic carbocycles. The van der Waals surface area contributed by atoms with E-state index < -0.39 is 0 Å². The third-order valence-electron chi connectivity index (χ3n) is 3.10. The third-order valence-corrected chi connectivity index (χ3v) is 4.00. The molecule has 1 aromatic rings. The Morgan fingerprint density at radius 2 is 2.14 bits per heavy atom. The van der Waals surface area contributed by atoms with Crippen LogP contribution < -0.4 is 10.6 Å². The summed E-state index contributed by atoms with van der Waals surface area (Å²) in [6.07, 6.45) is 1.54. The number of guanidine groups is 1. The molecule has 1 atom stereocenters. The lowest BCUT2D eigenvalue weighted by Crippen LogP contribution is -2.41. The summed E-state index contributed by atoms with van der Waals surface area (Å²) in [5.41, 5.74) is 0. The summed E-state index contributed by atoms with van der Waals surface area (Å²) in [6, 6.07) is 4.25. The highest BCUT2D eigenvalue weighted by Gasteiger charge is 2.07. The van der Waals surface area contributed by atoms with E-state index >= 15 is 0 Å². The Morgan fingerprint density at radius 3 is 2.68 bits per heavy atom. The molecule has 1 heterocycles. The summed E-state index contributed by atoms with van der Waals surface area (Å²) in [7, 11) is 5.27. The highest BCUT2D eigenvalue weighted by Crippen LogP contribution is 2.13. The van der Waals surface area contributed by atoms with Crippen molar-refractivity contribution in [1.82, 2.24) is 15.5 Å². The lowest BCUT2D eigenvalue weighted by Gasteiger charge is -2.16. The van der Waals surface area contributed by atoms with Crippen LogP contribution in [0.25, 0.3) is 0 Å². The van der Waals surface area contributed by atoms with Crippen LogP contribution in [0, 0.1) is 5.92 Å². The maximum Gasteiger partial charge on any atom is 0.223 e. The lowest BCUT2D eigenvalue weighted by molar-refractivity contribution is -0.128. The number of carbonyl (C=O) groups is 1. The Hall–Kier alpha value is -0.830. The first kappa shape index (κ1) is 21.2. The van der Waals surface area contributed by atoms with Crippen molar-refractivity contribution in [3.05, 3.63) is 22.4 Å². The van der Waals surface area contributed by atoms with Gasteiger partial charge in [-0.15, -0.1) is 35.3 Å². The number of nitrogens with zero attached hydrogens (tertiary/aromatic N) is 2. The van der Waals surface area contributed by atoms with Gasteiger partial charge in [0.1, 0.15) is 0 Å². The van der Waals surface area contributed by atoms with Gasteiger partial charge in [0, 0.05) is 45.5 Å². The Morgan fingerprint density at radius 1 is 1.41 bits per heavy atom. The third kappa shape index (κ3) is 8.57. The second-order valence-electron chi connectivity index (χ2n) is 5.31. The van der Waals surface area contributed by atoms with Crippen LogP contribution in [0.15, 0.2) is 22.5 Å². The predicted octanol–water partition coefficient (Wildman–Crippen LogP) is 2.19. The average molecular weight is 438 g/mol. The molecular weight excluding hydrogens is 411 g/mol. The molecule has 1 aromatic heterocycles. The van der Waals surface area contributed by atoms with Crippen LogP contribution in [0.2, 0.25) is 0 Å². The summed E-state index contributed by atoms with van der Waals surface area (Å²) in [4.78, 5) is 18.7. The van der Waals surface area contributed by atoms with Gasteiger partial charge in [-0.3, -0.25) is 9.79 Å². The Kier molecular flexibility index (Phi) is 11.3. The highest BCUT2D eigenvalue weighted by molar-refractivity contribution is 14.0. The minimum absolute atomic E-state index is 0. The van der Waals surface area contributed by atoms with Gasteiger partial charge in [0.15, 0.2) is 5.96 Å². The topological polar surface area (TPSA) is 56.7 Å². The Bertz CT molecular complexity index is 448. The molecule has 0 aliphatic rings. The van der Waals surface area contributed by atoms with E-state index in [0.29, 0.717) is 18.9 Å². The molecule has 1 rings (SSSR count). The smallest absolute Gasteiger partial charge is 0.223 e. The van der Waals surface area contributed by atoms with Crippen molar-refractivity contribution in [3.8, 4) is 0 Å². The first-order valence-electron chi connectivity index (χ1n) is 7.20. The number of amides is 1. The number of halogens is 1. The number of nitrogens with one attached hydrogen (secondary N) is 2. The van der Waals surface area contributed by atoms with Gasteiger partial charge in [-0.05, 0) is 23.8 Å². The molecule has 126 valence electrons. The van der Waals surface area contributed by atoms with E-state index in [1.165, 1.54) is 4.88 Å². The number of hydrogen-bond acceptors (Lipinski definition) is 3. The summed E-state index contributed by atoms with van der Waals surface area (Å²) >= 11 is 1.80. The first-order valence-corrected chi connectivity index (χ1v) is 8.08. The van der Waals surface area contributed by atoms with Crippen molar-refractivity contribution in [3.63, 3.8) is 0 Å². The molecule has 5 nitrogen and oxygen atoms in total. The zero-order chi connectivity index (χ0) is 15.7. The van der Waals surface area contributed by atoms with Crippen LogP contribution in [0.3, 0.4) is 0 Å². The quantitative estimate of drug-likeness (QED) is 0.390. The molecule has 0 fully saturated rings. The van der Waals surface area contributed by atoms with Crippen LogP contribution in [0.1, 0.15) is 18.2 Å².